The number of carbonyl (C=O) groups excluding carboxylic acids is 1. The first-order valence-corrected chi connectivity index (χ1v) is 4.28. The zero-order valence-electron chi connectivity index (χ0n) is 8.87. The van der Waals surface area contributed by atoms with Crippen molar-refractivity contribution in [3.63, 3.8) is 0 Å². The second-order valence-corrected chi connectivity index (χ2v) is 3.17. The van der Waals surface area contributed by atoms with Crippen LogP contribution in [0.1, 0.15) is 6.42 Å². The lowest BCUT2D eigenvalue weighted by molar-refractivity contribution is -0.110. The number of nitrogens with one attached hydrogen (secondary N) is 1. The second kappa shape index (κ2) is 7.65. The molecule has 0 unspecified atom stereocenters. The number of rotatable bonds is 2. The van der Waals surface area contributed by atoms with Gasteiger partial charge in [0.1, 0.15) is 0 Å². The highest BCUT2D eigenvalue weighted by molar-refractivity contribution is 14.0. The van der Waals surface area contributed by atoms with Crippen molar-refractivity contribution in [2.45, 2.75) is 6.42 Å². The highest BCUT2D eigenvalue weighted by Gasteiger charge is 2.19. The number of hydrogen-bond acceptors (Lipinski definition) is 3. The number of likely N-dealkylation sites (N-methyl/N-ethyl adjacent to an activating group) is 2. The van der Waals surface area contributed by atoms with Crippen molar-refractivity contribution < 1.29 is 9.50 Å². The molecule has 0 spiro atoms. The molecule has 0 fully saturated rings. The highest BCUT2D eigenvalue weighted by Crippen LogP contribution is 2.15. The van der Waals surface area contributed by atoms with Gasteiger partial charge in [0.2, 0.25) is 5.78 Å². The maximum Gasteiger partial charge on any atom is 0.233 e. The van der Waals surface area contributed by atoms with Crippen LogP contribution >= 0.6 is 24.0 Å². The fraction of sp³-hybridized carbons (Fsp3) is 0.500. The molecule has 0 atom stereocenters. The van der Waals surface area contributed by atoms with Gasteiger partial charge >= 0.3 is 0 Å². The second-order valence-electron chi connectivity index (χ2n) is 3.17. The Morgan fingerprint density at radius 3 is 2.67 bits per heavy atom. The Bertz CT molecular complexity index is 296. The maximum absolute atomic E-state index is 11.3. The molecule has 3 nitrogen and oxygen atoms in total. The van der Waals surface area contributed by atoms with Crippen molar-refractivity contribution in [2.24, 2.45) is 0 Å². The molecule has 0 radical (unpaired) electrons. The van der Waals surface area contributed by atoms with Crippen molar-refractivity contribution in [1.29, 1.82) is 0 Å². The Morgan fingerprint density at radius 1 is 1.60 bits per heavy atom. The molecule has 0 aromatic rings. The first-order chi connectivity index (χ1) is 6.19. The van der Waals surface area contributed by atoms with Gasteiger partial charge in [-0.3, -0.25) is 9.50 Å². The van der Waals surface area contributed by atoms with Gasteiger partial charge in [-0.25, -0.2) is 0 Å². The van der Waals surface area contributed by atoms with Gasteiger partial charge in [-0.15, -0.1) is 30.4 Å². The van der Waals surface area contributed by atoms with Gasteiger partial charge in [0.05, 0.1) is 0 Å². The SMILES string of the molecule is C#CC(=O)C1=C(NC)CN(C)CC1.F.I. The van der Waals surface area contributed by atoms with E-state index >= 15 is 0 Å². The van der Waals surface area contributed by atoms with Crippen LogP contribution in [0.15, 0.2) is 11.3 Å². The Hall–Kier alpha value is -0.610. The van der Waals surface area contributed by atoms with E-state index < -0.39 is 0 Å². The lowest BCUT2D eigenvalue weighted by Crippen LogP contribution is -2.34. The monoisotopic (exact) mass is 326 g/mol. The zero-order chi connectivity index (χ0) is 9.84. The molecule has 1 N–H and O–H groups in total. The molecule has 1 rings (SSSR count). The summed E-state index contributed by atoms with van der Waals surface area (Å²) in [6, 6.07) is 0. The highest BCUT2D eigenvalue weighted by atomic mass is 127. The molecule has 1 aliphatic rings. The molecule has 1 heterocycles. The van der Waals surface area contributed by atoms with E-state index in [9.17, 15) is 4.79 Å². The van der Waals surface area contributed by atoms with E-state index in [1.807, 2.05) is 14.1 Å². The molecule has 15 heavy (non-hydrogen) atoms. The number of halogens is 2. The summed E-state index contributed by atoms with van der Waals surface area (Å²) in [5.74, 6) is 1.98. The van der Waals surface area contributed by atoms with Gasteiger partial charge < -0.3 is 10.2 Å². The standard InChI is InChI=1S/C10H14N2O.FH.HI/c1-4-10(13)8-5-6-12(3)7-9(8)11-2;;/h1,11H,5-7H2,2-3H3;2*1H. The Morgan fingerprint density at radius 2 is 2.20 bits per heavy atom. The summed E-state index contributed by atoms with van der Waals surface area (Å²) in [4.78, 5) is 13.4. The number of nitrogens with zero attached hydrogens (tertiary/aromatic N) is 1. The van der Waals surface area contributed by atoms with E-state index in [2.05, 4.69) is 16.1 Å². The molecular formula is C10H16FIN2O. The van der Waals surface area contributed by atoms with E-state index in [4.69, 9.17) is 6.42 Å². The van der Waals surface area contributed by atoms with Crippen molar-refractivity contribution >= 4 is 29.8 Å². The molecule has 86 valence electrons. The number of ketones is 1. The predicted molar refractivity (Wildman–Crippen MR) is 70.0 cm³/mol. The summed E-state index contributed by atoms with van der Waals surface area (Å²) in [7, 11) is 3.84. The third kappa shape index (κ3) is 4.18. The summed E-state index contributed by atoms with van der Waals surface area (Å²) in [6.07, 6.45) is 5.83. The third-order valence-corrected chi connectivity index (χ3v) is 2.24. The average molecular weight is 326 g/mol. The number of hydrogen-bond donors (Lipinski definition) is 1. The van der Waals surface area contributed by atoms with Crippen LogP contribution in [0.3, 0.4) is 0 Å². The van der Waals surface area contributed by atoms with E-state index in [0.29, 0.717) is 0 Å². The van der Waals surface area contributed by atoms with Crippen molar-refractivity contribution in [3.8, 4) is 12.3 Å². The van der Waals surface area contributed by atoms with Crippen LogP contribution in [0, 0.1) is 12.3 Å². The van der Waals surface area contributed by atoms with Crippen LogP contribution in [0.5, 0.6) is 0 Å². The van der Waals surface area contributed by atoms with Crippen molar-refractivity contribution in [2.75, 3.05) is 27.2 Å². The largest absolute Gasteiger partial charge is 0.390 e. The Kier molecular flexibility index (Phi) is 8.57. The summed E-state index contributed by atoms with van der Waals surface area (Å²) in [6.45, 7) is 1.67. The van der Waals surface area contributed by atoms with Gasteiger partial charge in [-0.1, -0.05) is 0 Å². The fourth-order valence-corrected chi connectivity index (χ4v) is 1.47. The lowest BCUT2D eigenvalue weighted by atomic mass is 10.0. The normalized spacial score (nSPS) is 15.8. The molecule has 0 aromatic carbocycles. The van der Waals surface area contributed by atoms with Gasteiger partial charge in [0.15, 0.2) is 0 Å². The van der Waals surface area contributed by atoms with Crippen LogP contribution in [-0.2, 0) is 4.79 Å². The first-order valence-electron chi connectivity index (χ1n) is 4.28. The number of carbonyl (C=O) groups is 1. The van der Waals surface area contributed by atoms with E-state index in [1.54, 1.807) is 0 Å². The quantitative estimate of drug-likeness (QED) is 0.462. The van der Waals surface area contributed by atoms with E-state index in [-0.39, 0.29) is 34.5 Å². The Labute approximate surface area is 107 Å². The molecule has 0 bridgehead atoms. The minimum absolute atomic E-state index is 0. The maximum atomic E-state index is 11.3. The minimum Gasteiger partial charge on any atom is -0.390 e. The fourth-order valence-electron chi connectivity index (χ4n) is 1.47. The number of terminal acetylenes is 1. The van der Waals surface area contributed by atoms with Gasteiger partial charge in [0.25, 0.3) is 0 Å². The molecule has 0 saturated heterocycles. The van der Waals surface area contributed by atoms with Gasteiger partial charge in [-0.05, 0) is 19.4 Å². The molecule has 1 aliphatic heterocycles. The van der Waals surface area contributed by atoms with Crippen LogP contribution in [-0.4, -0.2) is 37.9 Å². The molecule has 0 aromatic heterocycles. The molecular weight excluding hydrogens is 310 g/mol. The summed E-state index contributed by atoms with van der Waals surface area (Å²) < 4.78 is 0. The molecule has 0 saturated carbocycles. The lowest BCUT2D eigenvalue weighted by Gasteiger charge is -2.26. The molecule has 5 heteroatoms. The summed E-state index contributed by atoms with van der Waals surface area (Å²) >= 11 is 0. The number of Topliss-reactive ketones (excluding diaryl/α,β-unsaturated/α-hetero) is 1. The Balaban J connectivity index is 0. The smallest absolute Gasteiger partial charge is 0.233 e. The first kappa shape index (κ1) is 16.8. The minimum atomic E-state index is -0.183. The topological polar surface area (TPSA) is 32.3 Å². The van der Waals surface area contributed by atoms with Gasteiger partial charge in [0, 0.05) is 31.4 Å². The van der Waals surface area contributed by atoms with E-state index in [1.165, 1.54) is 0 Å². The average Bonchev–Trinajstić information content (AvgIpc) is 2.16. The van der Waals surface area contributed by atoms with Crippen LogP contribution in [0.25, 0.3) is 0 Å². The van der Waals surface area contributed by atoms with E-state index in [0.717, 1.165) is 30.8 Å². The molecule has 0 amide bonds. The van der Waals surface area contributed by atoms with Crippen molar-refractivity contribution in [1.82, 2.24) is 10.2 Å². The van der Waals surface area contributed by atoms with Crippen LogP contribution in [0.2, 0.25) is 0 Å². The van der Waals surface area contributed by atoms with Crippen molar-refractivity contribution in [3.05, 3.63) is 11.3 Å². The van der Waals surface area contributed by atoms with Crippen LogP contribution in [0.4, 0.5) is 4.70 Å². The molecule has 0 aliphatic carbocycles. The third-order valence-electron chi connectivity index (χ3n) is 2.24. The van der Waals surface area contributed by atoms with Crippen LogP contribution < -0.4 is 5.32 Å². The predicted octanol–water partition coefficient (Wildman–Crippen LogP) is 0.768. The summed E-state index contributed by atoms with van der Waals surface area (Å²) in [5.41, 5.74) is 1.72. The zero-order valence-corrected chi connectivity index (χ0v) is 11.2. The van der Waals surface area contributed by atoms with Gasteiger partial charge in [-0.2, -0.15) is 0 Å². The summed E-state index contributed by atoms with van der Waals surface area (Å²) in [5, 5.41) is 3.02.